The molecular formula is C16H21NO. The summed E-state index contributed by atoms with van der Waals surface area (Å²) in [6.07, 6.45) is 7.10. The van der Waals surface area contributed by atoms with Gasteiger partial charge in [0.15, 0.2) is 0 Å². The molecule has 0 saturated heterocycles. The number of aryl methyl sites for hydroxylation is 2. The average Bonchev–Trinajstić information content (AvgIpc) is 2.37. The Kier molecular flexibility index (Phi) is 4.19. The van der Waals surface area contributed by atoms with E-state index >= 15 is 0 Å². The fourth-order valence-electron chi connectivity index (χ4n) is 2.42. The van der Waals surface area contributed by atoms with Crippen molar-refractivity contribution in [3.05, 3.63) is 46.5 Å². The number of benzene rings is 1. The molecule has 0 fully saturated rings. The number of nitrogens with one attached hydrogen (secondary N) is 1. The largest absolute Gasteiger partial charge is 0.348 e. The summed E-state index contributed by atoms with van der Waals surface area (Å²) >= 11 is 0. The van der Waals surface area contributed by atoms with Crippen LogP contribution in [0.4, 0.5) is 0 Å². The molecule has 0 radical (unpaired) electrons. The predicted octanol–water partition coefficient (Wildman–Crippen LogP) is 3.53. The first-order chi connectivity index (χ1) is 8.66. The number of hydrogen-bond acceptors (Lipinski definition) is 1. The van der Waals surface area contributed by atoms with Crippen LogP contribution in [-0.4, -0.2) is 12.5 Å². The van der Waals surface area contributed by atoms with Crippen LogP contribution in [0.25, 0.3) is 0 Å². The van der Waals surface area contributed by atoms with Gasteiger partial charge in [0.25, 0.3) is 5.91 Å². The SMILES string of the molecule is Cc1ccc(C(=O)NCC2=CCCCC2)c(C)c1. The summed E-state index contributed by atoms with van der Waals surface area (Å²) in [4.78, 5) is 12.1. The Morgan fingerprint density at radius 2 is 2.11 bits per heavy atom. The van der Waals surface area contributed by atoms with Crippen molar-refractivity contribution < 1.29 is 4.79 Å². The maximum Gasteiger partial charge on any atom is 0.251 e. The van der Waals surface area contributed by atoms with Gasteiger partial charge in [0.1, 0.15) is 0 Å². The van der Waals surface area contributed by atoms with E-state index in [1.807, 2.05) is 26.0 Å². The number of carbonyl (C=O) groups is 1. The maximum absolute atomic E-state index is 12.1. The van der Waals surface area contributed by atoms with Gasteiger partial charge in [-0.1, -0.05) is 29.3 Å². The zero-order valence-electron chi connectivity index (χ0n) is 11.3. The summed E-state index contributed by atoms with van der Waals surface area (Å²) in [7, 11) is 0. The monoisotopic (exact) mass is 243 g/mol. The molecule has 2 rings (SSSR count). The molecule has 18 heavy (non-hydrogen) atoms. The number of carbonyl (C=O) groups excluding carboxylic acids is 1. The molecule has 0 heterocycles. The third-order valence-corrected chi connectivity index (χ3v) is 3.49. The Labute approximate surface area is 109 Å². The molecule has 0 aliphatic heterocycles. The van der Waals surface area contributed by atoms with E-state index in [1.165, 1.54) is 24.0 Å². The number of hydrogen-bond donors (Lipinski definition) is 1. The second-order valence-electron chi connectivity index (χ2n) is 5.11. The number of rotatable bonds is 3. The standard InChI is InChI=1S/C16H21NO/c1-12-8-9-15(13(2)10-12)16(18)17-11-14-6-4-3-5-7-14/h6,8-10H,3-5,7,11H2,1-2H3,(H,17,18). The first-order valence-corrected chi connectivity index (χ1v) is 6.70. The molecule has 1 aromatic carbocycles. The summed E-state index contributed by atoms with van der Waals surface area (Å²) < 4.78 is 0. The van der Waals surface area contributed by atoms with E-state index in [4.69, 9.17) is 0 Å². The minimum atomic E-state index is 0.0407. The molecule has 0 spiro atoms. The Hall–Kier alpha value is -1.57. The topological polar surface area (TPSA) is 29.1 Å². The van der Waals surface area contributed by atoms with E-state index in [0.717, 1.165) is 24.0 Å². The van der Waals surface area contributed by atoms with Crippen LogP contribution in [0.2, 0.25) is 0 Å². The van der Waals surface area contributed by atoms with Gasteiger partial charge in [-0.2, -0.15) is 0 Å². The van der Waals surface area contributed by atoms with Crippen LogP contribution in [-0.2, 0) is 0 Å². The van der Waals surface area contributed by atoms with Gasteiger partial charge in [-0.25, -0.2) is 0 Å². The molecule has 2 heteroatoms. The average molecular weight is 243 g/mol. The van der Waals surface area contributed by atoms with Crippen LogP contribution in [0, 0.1) is 13.8 Å². The summed E-state index contributed by atoms with van der Waals surface area (Å²) in [5.41, 5.74) is 4.40. The van der Waals surface area contributed by atoms with Crippen molar-refractivity contribution in [2.45, 2.75) is 39.5 Å². The minimum absolute atomic E-state index is 0.0407. The van der Waals surface area contributed by atoms with Gasteiger partial charge < -0.3 is 5.32 Å². The lowest BCUT2D eigenvalue weighted by Crippen LogP contribution is -2.26. The molecule has 0 bridgehead atoms. The molecule has 0 aromatic heterocycles. The summed E-state index contributed by atoms with van der Waals surface area (Å²) in [5, 5.41) is 3.02. The molecule has 1 aliphatic rings. The van der Waals surface area contributed by atoms with Gasteiger partial charge in [-0.15, -0.1) is 0 Å². The van der Waals surface area contributed by atoms with Gasteiger partial charge in [0.2, 0.25) is 0 Å². The Bertz CT molecular complexity index is 474. The zero-order valence-corrected chi connectivity index (χ0v) is 11.3. The van der Waals surface area contributed by atoms with E-state index < -0.39 is 0 Å². The van der Waals surface area contributed by atoms with Crippen LogP contribution in [0.3, 0.4) is 0 Å². The third kappa shape index (κ3) is 3.22. The predicted molar refractivity (Wildman–Crippen MR) is 74.8 cm³/mol. The fourth-order valence-corrected chi connectivity index (χ4v) is 2.42. The van der Waals surface area contributed by atoms with Gasteiger partial charge in [-0.05, 0) is 51.2 Å². The molecular weight excluding hydrogens is 222 g/mol. The normalized spacial score (nSPS) is 15.1. The summed E-state index contributed by atoms with van der Waals surface area (Å²) in [5.74, 6) is 0.0407. The molecule has 1 N–H and O–H groups in total. The highest BCUT2D eigenvalue weighted by Crippen LogP contribution is 2.16. The first kappa shape index (κ1) is 12.9. The van der Waals surface area contributed by atoms with Crippen molar-refractivity contribution in [2.24, 2.45) is 0 Å². The van der Waals surface area contributed by atoms with E-state index in [1.54, 1.807) is 0 Å². The summed E-state index contributed by atoms with van der Waals surface area (Å²) in [6.45, 7) is 4.73. The van der Waals surface area contributed by atoms with Crippen LogP contribution in [0.1, 0.15) is 47.2 Å². The minimum Gasteiger partial charge on any atom is -0.348 e. The molecule has 0 atom stereocenters. The molecule has 1 aromatic rings. The van der Waals surface area contributed by atoms with E-state index in [-0.39, 0.29) is 5.91 Å². The molecule has 0 saturated carbocycles. The van der Waals surface area contributed by atoms with Crippen molar-refractivity contribution in [1.82, 2.24) is 5.32 Å². The molecule has 96 valence electrons. The van der Waals surface area contributed by atoms with Crippen molar-refractivity contribution in [3.8, 4) is 0 Å². The maximum atomic E-state index is 12.1. The zero-order chi connectivity index (χ0) is 13.0. The second kappa shape index (κ2) is 5.85. The van der Waals surface area contributed by atoms with E-state index in [2.05, 4.69) is 17.5 Å². The molecule has 2 nitrogen and oxygen atoms in total. The smallest absolute Gasteiger partial charge is 0.251 e. The van der Waals surface area contributed by atoms with Crippen LogP contribution in [0.15, 0.2) is 29.8 Å². The highest BCUT2D eigenvalue weighted by molar-refractivity contribution is 5.95. The van der Waals surface area contributed by atoms with Crippen LogP contribution < -0.4 is 5.32 Å². The van der Waals surface area contributed by atoms with Gasteiger partial charge in [0.05, 0.1) is 0 Å². The Morgan fingerprint density at radius 1 is 1.28 bits per heavy atom. The van der Waals surface area contributed by atoms with E-state index in [9.17, 15) is 4.79 Å². The quantitative estimate of drug-likeness (QED) is 0.808. The van der Waals surface area contributed by atoms with E-state index in [0.29, 0.717) is 6.54 Å². The molecule has 1 amide bonds. The van der Waals surface area contributed by atoms with Crippen molar-refractivity contribution >= 4 is 5.91 Å². The molecule has 1 aliphatic carbocycles. The Balaban J connectivity index is 1.97. The van der Waals surface area contributed by atoms with Gasteiger partial charge in [-0.3, -0.25) is 4.79 Å². The van der Waals surface area contributed by atoms with Crippen molar-refractivity contribution in [1.29, 1.82) is 0 Å². The first-order valence-electron chi connectivity index (χ1n) is 6.70. The summed E-state index contributed by atoms with van der Waals surface area (Å²) in [6, 6.07) is 5.95. The highest BCUT2D eigenvalue weighted by Gasteiger charge is 2.10. The number of amides is 1. The lowest BCUT2D eigenvalue weighted by atomic mass is 9.99. The van der Waals surface area contributed by atoms with Gasteiger partial charge in [0, 0.05) is 12.1 Å². The van der Waals surface area contributed by atoms with Crippen LogP contribution in [0.5, 0.6) is 0 Å². The van der Waals surface area contributed by atoms with Crippen molar-refractivity contribution in [2.75, 3.05) is 6.54 Å². The lowest BCUT2D eigenvalue weighted by Gasteiger charge is -2.14. The Morgan fingerprint density at radius 3 is 2.78 bits per heavy atom. The number of allylic oxidation sites excluding steroid dienone is 1. The highest BCUT2D eigenvalue weighted by atomic mass is 16.1. The third-order valence-electron chi connectivity index (χ3n) is 3.49. The lowest BCUT2D eigenvalue weighted by molar-refractivity contribution is 0.0956. The fraction of sp³-hybridized carbons (Fsp3) is 0.438. The molecule has 0 unspecified atom stereocenters. The van der Waals surface area contributed by atoms with Crippen LogP contribution >= 0.6 is 0 Å². The van der Waals surface area contributed by atoms with Gasteiger partial charge >= 0.3 is 0 Å². The second-order valence-corrected chi connectivity index (χ2v) is 5.11. The van der Waals surface area contributed by atoms with Crippen molar-refractivity contribution in [3.63, 3.8) is 0 Å².